The van der Waals surface area contributed by atoms with Crippen LogP contribution in [0.4, 0.5) is 0 Å². The summed E-state index contributed by atoms with van der Waals surface area (Å²) in [5.41, 5.74) is 8.10. The Morgan fingerprint density at radius 3 is 2.53 bits per heavy atom. The predicted molar refractivity (Wildman–Crippen MR) is 118 cm³/mol. The van der Waals surface area contributed by atoms with Crippen LogP contribution >= 0.6 is 0 Å². The van der Waals surface area contributed by atoms with E-state index in [1.54, 1.807) is 0 Å². The van der Waals surface area contributed by atoms with Crippen molar-refractivity contribution in [1.29, 1.82) is 0 Å². The maximum Gasteiger partial charge on any atom is 0.307 e. The normalized spacial score (nSPS) is 11.3. The molecule has 2 aromatic carbocycles. The minimum absolute atomic E-state index is 0.0246. The summed E-state index contributed by atoms with van der Waals surface area (Å²) >= 11 is 0. The van der Waals surface area contributed by atoms with Gasteiger partial charge in [-0.1, -0.05) is 44.2 Å². The van der Waals surface area contributed by atoms with Gasteiger partial charge in [-0.15, -0.1) is 0 Å². The van der Waals surface area contributed by atoms with Crippen molar-refractivity contribution in [2.24, 2.45) is 0 Å². The first-order valence-electron chi connectivity index (χ1n) is 10.3. The molecule has 0 aliphatic rings. The van der Waals surface area contributed by atoms with E-state index in [0.29, 0.717) is 6.54 Å². The first kappa shape index (κ1) is 19.9. The number of rotatable bonds is 7. The van der Waals surface area contributed by atoms with Crippen molar-refractivity contribution in [2.75, 3.05) is 0 Å². The van der Waals surface area contributed by atoms with E-state index in [-0.39, 0.29) is 6.42 Å². The average molecular weight is 402 g/mol. The van der Waals surface area contributed by atoms with Crippen LogP contribution < -0.4 is 0 Å². The fourth-order valence-electron chi connectivity index (χ4n) is 3.96. The standard InChI is InChI=1S/C24H26N4O2/c1-4-19-18(13-23(29)30)22(5-2)28(27-19)14-16-7-9-17(10-8-16)24-25-20-11-6-15(3)12-21(20)26-24/h6-12H,4-5,13-14H2,1-3H3,(H,25,26)(H,29,30). The Labute approximate surface area is 175 Å². The molecule has 2 aromatic heterocycles. The number of aromatic nitrogens is 4. The number of hydrogen-bond donors (Lipinski definition) is 2. The molecule has 0 fully saturated rings. The molecular formula is C24H26N4O2. The molecule has 0 aliphatic heterocycles. The summed E-state index contributed by atoms with van der Waals surface area (Å²) in [5, 5.41) is 14.0. The van der Waals surface area contributed by atoms with Gasteiger partial charge in [0.05, 0.1) is 29.7 Å². The van der Waals surface area contributed by atoms with E-state index in [0.717, 1.165) is 57.8 Å². The van der Waals surface area contributed by atoms with Gasteiger partial charge >= 0.3 is 5.97 Å². The summed E-state index contributed by atoms with van der Waals surface area (Å²) in [7, 11) is 0. The molecule has 0 spiro atoms. The lowest BCUT2D eigenvalue weighted by Gasteiger charge is -2.08. The van der Waals surface area contributed by atoms with E-state index in [1.807, 2.05) is 24.6 Å². The molecule has 2 N–H and O–H groups in total. The lowest BCUT2D eigenvalue weighted by Crippen LogP contribution is -2.08. The molecule has 0 saturated heterocycles. The van der Waals surface area contributed by atoms with Crippen LogP contribution in [0.15, 0.2) is 42.5 Å². The van der Waals surface area contributed by atoms with Crippen molar-refractivity contribution in [3.05, 3.63) is 70.5 Å². The van der Waals surface area contributed by atoms with Gasteiger partial charge in [-0.3, -0.25) is 9.48 Å². The Morgan fingerprint density at radius 2 is 1.87 bits per heavy atom. The Morgan fingerprint density at radius 1 is 1.10 bits per heavy atom. The topological polar surface area (TPSA) is 83.8 Å². The van der Waals surface area contributed by atoms with E-state index in [9.17, 15) is 9.90 Å². The second-order valence-corrected chi connectivity index (χ2v) is 7.61. The number of nitrogens with zero attached hydrogens (tertiary/aromatic N) is 3. The number of carbonyl (C=O) groups is 1. The zero-order valence-electron chi connectivity index (χ0n) is 17.6. The number of imidazole rings is 1. The molecule has 4 aromatic rings. The minimum atomic E-state index is -0.815. The number of fused-ring (bicyclic) bond motifs is 1. The van der Waals surface area contributed by atoms with Crippen molar-refractivity contribution < 1.29 is 9.90 Å². The van der Waals surface area contributed by atoms with Crippen molar-refractivity contribution in [2.45, 2.75) is 46.6 Å². The molecule has 0 atom stereocenters. The third-order valence-corrected chi connectivity index (χ3v) is 5.44. The van der Waals surface area contributed by atoms with Gasteiger partial charge in [-0.05, 0) is 43.0 Å². The third-order valence-electron chi connectivity index (χ3n) is 5.44. The smallest absolute Gasteiger partial charge is 0.307 e. The maximum atomic E-state index is 11.3. The van der Waals surface area contributed by atoms with E-state index < -0.39 is 5.97 Å². The molecule has 0 unspecified atom stereocenters. The Hall–Kier alpha value is -3.41. The quantitative estimate of drug-likeness (QED) is 0.475. The highest BCUT2D eigenvalue weighted by Gasteiger charge is 2.18. The minimum Gasteiger partial charge on any atom is -0.481 e. The molecule has 6 heteroatoms. The van der Waals surface area contributed by atoms with Gasteiger partial charge < -0.3 is 10.1 Å². The van der Waals surface area contributed by atoms with Crippen LogP contribution in [0.3, 0.4) is 0 Å². The molecule has 0 aliphatic carbocycles. The Balaban J connectivity index is 1.60. The lowest BCUT2D eigenvalue weighted by molar-refractivity contribution is -0.136. The number of carboxylic acid groups (broad SMARTS) is 1. The molecule has 6 nitrogen and oxygen atoms in total. The number of H-pyrrole nitrogens is 1. The van der Waals surface area contributed by atoms with Gasteiger partial charge in [0.15, 0.2) is 0 Å². The van der Waals surface area contributed by atoms with Crippen LogP contribution in [-0.2, 0) is 30.6 Å². The molecule has 2 heterocycles. The van der Waals surface area contributed by atoms with Gasteiger partial charge in [0.25, 0.3) is 0 Å². The van der Waals surface area contributed by atoms with Crippen LogP contribution in [0.25, 0.3) is 22.4 Å². The molecule has 4 rings (SSSR count). The highest BCUT2D eigenvalue weighted by molar-refractivity contribution is 5.80. The summed E-state index contributed by atoms with van der Waals surface area (Å²) in [6.07, 6.45) is 1.51. The molecule has 154 valence electrons. The largest absolute Gasteiger partial charge is 0.481 e. The van der Waals surface area contributed by atoms with Crippen molar-refractivity contribution in [3.63, 3.8) is 0 Å². The molecular weight excluding hydrogens is 376 g/mol. The summed E-state index contributed by atoms with van der Waals surface area (Å²) in [5.74, 6) is 0.0387. The number of nitrogens with one attached hydrogen (secondary N) is 1. The van der Waals surface area contributed by atoms with Crippen molar-refractivity contribution >= 4 is 17.0 Å². The SMILES string of the molecule is CCc1nn(Cc2ccc(-c3nc4ccc(C)cc4[nH]3)cc2)c(CC)c1CC(=O)O. The molecule has 0 saturated carbocycles. The zero-order chi connectivity index (χ0) is 21.3. The van der Waals surface area contributed by atoms with Gasteiger partial charge in [0.2, 0.25) is 0 Å². The monoisotopic (exact) mass is 402 g/mol. The number of aliphatic carboxylic acids is 1. The number of aromatic amines is 1. The lowest BCUT2D eigenvalue weighted by atomic mass is 10.1. The van der Waals surface area contributed by atoms with Crippen LogP contribution in [0.2, 0.25) is 0 Å². The molecule has 30 heavy (non-hydrogen) atoms. The predicted octanol–water partition coefficient (Wildman–Crippen LogP) is 4.54. The highest BCUT2D eigenvalue weighted by Crippen LogP contribution is 2.23. The van der Waals surface area contributed by atoms with E-state index in [1.165, 1.54) is 5.56 Å². The molecule has 0 amide bonds. The van der Waals surface area contributed by atoms with Gasteiger partial charge in [-0.2, -0.15) is 5.10 Å². The van der Waals surface area contributed by atoms with Gasteiger partial charge in [-0.25, -0.2) is 4.98 Å². The van der Waals surface area contributed by atoms with E-state index in [4.69, 9.17) is 5.10 Å². The van der Waals surface area contributed by atoms with E-state index >= 15 is 0 Å². The second-order valence-electron chi connectivity index (χ2n) is 7.61. The molecule has 0 radical (unpaired) electrons. The maximum absolute atomic E-state index is 11.3. The fourth-order valence-corrected chi connectivity index (χ4v) is 3.96. The average Bonchev–Trinajstić information content (AvgIpc) is 3.28. The number of hydrogen-bond acceptors (Lipinski definition) is 3. The number of aryl methyl sites for hydroxylation is 2. The zero-order valence-corrected chi connectivity index (χ0v) is 17.6. The summed E-state index contributed by atoms with van der Waals surface area (Å²) < 4.78 is 1.95. The first-order chi connectivity index (χ1) is 14.5. The third kappa shape index (κ3) is 3.85. The second kappa shape index (κ2) is 8.14. The summed E-state index contributed by atoms with van der Waals surface area (Å²) in [6.45, 7) is 6.75. The van der Waals surface area contributed by atoms with Gasteiger partial charge in [0, 0.05) is 16.8 Å². The van der Waals surface area contributed by atoms with Crippen molar-refractivity contribution in [1.82, 2.24) is 19.7 Å². The van der Waals surface area contributed by atoms with Crippen LogP contribution in [0, 0.1) is 6.92 Å². The first-order valence-corrected chi connectivity index (χ1v) is 10.3. The Bertz CT molecular complexity index is 1200. The number of benzene rings is 2. The Kier molecular flexibility index (Phi) is 5.40. The van der Waals surface area contributed by atoms with E-state index in [2.05, 4.69) is 53.3 Å². The van der Waals surface area contributed by atoms with Crippen LogP contribution in [0.1, 0.15) is 41.9 Å². The summed E-state index contributed by atoms with van der Waals surface area (Å²) in [6, 6.07) is 14.5. The van der Waals surface area contributed by atoms with Crippen molar-refractivity contribution in [3.8, 4) is 11.4 Å². The van der Waals surface area contributed by atoms with Crippen LogP contribution in [0.5, 0.6) is 0 Å². The van der Waals surface area contributed by atoms with Gasteiger partial charge in [0.1, 0.15) is 5.82 Å². The highest BCUT2D eigenvalue weighted by atomic mass is 16.4. The fraction of sp³-hybridized carbons (Fsp3) is 0.292. The number of carboxylic acids is 1. The van der Waals surface area contributed by atoms with Crippen LogP contribution in [-0.4, -0.2) is 30.8 Å². The molecule has 0 bridgehead atoms. The summed E-state index contributed by atoms with van der Waals surface area (Å²) in [4.78, 5) is 19.4.